The minimum absolute atomic E-state index is 0.196. The standard InChI is InChI=1S/C19H21N5O3/c1-12(21-19(26)14-2-6-20-7-3-14)15-11-18(25)24-17(22-15)10-16(23-24)13-4-8-27-9-5-13/h2-3,6-7,10-13,23H,4-5,8-9H2,1H3,(H,21,26)/t12-/m1/s1. The minimum atomic E-state index is -0.398. The zero-order valence-corrected chi connectivity index (χ0v) is 15.0. The first-order chi connectivity index (χ1) is 13.1. The molecule has 1 amide bonds. The molecule has 3 aromatic rings. The van der Waals surface area contributed by atoms with E-state index >= 15 is 0 Å². The topological polar surface area (TPSA) is 101 Å². The van der Waals surface area contributed by atoms with E-state index in [9.17, 15) is 9.59 Å². The Balaban J connectivity index is 1.58. The molecule has 8 heteroatoms. The van der Waals surface area contributed by atoms with E-state index in [1.54, 1.807) is 24.5 Å². The van der Waals surface area contributed by atoms with Crippen molar-refractivity contribution in [1.82, 2.24) is 24.9 Å². The van der Waals surface area contributed by atoms with Crippen molar-refractivity contribution < 1.29 is 9.53 Å². The Morgan fingerprint density at radius 2 is 2.04 bits per heavy atom. The molecule has 27 heavy (non-hydrogen) atoms. The van der Waals surface area contributed by atoms with Crippen LogP contribution in [0.2, 0.25) is 0 Å². The summed E-state index contributed by atoms with van der Waals surface area (Å²) in [6, 6.07) is 6.25. The molecule has 1 aliphatic heterocycles. The molecule has 0 aromatic carbocycles. The van der Waals surface area contributed by atoms with Crippen LogP contribution in [0.1, 0.15) is 53.5 Å². The molecule has 140 valence electrons. The van der Waals surface area contributed by atoms with E-state index in [-0.39, 0.29) is 11.5 Å². The number of carbonyl (C=O) groups is 1. The molecule has 2 N–H and O–H groups in total. The lowest BCUT2D eigenvalue weighted by molar-refractivity contribution is 0.0844. The lowest BCUT2D eigenvalue weighted by atomic mass is 9.97. The zero-order valence-electron chi connectivity index (χ0n) is 15.0. The SMILES string of the molecule is C[C@@H](NC(=O)c1ccncc1)c1cc(=O)n2[nH]c(C3CCOCC3)cc2n1. The second-order valence-electron chi connectivity index (χ2n) is 6.74. The number of hydrogen-bond acceptors (Lipinski definition) is 5. The summed E-state index contributed by atoms with van der Waals surface area (Å²) < 4.78 is 6.85. The van der Waals surface area contributed by atoms with Gasteiger partial charge in [-0.3, -0.25) is 19.7 Å². The summed E-state index contributed by atoms with van der Waals surface area (Å²) in [5, 5.41) is 6.03. The third kappa shape index (κ3) is 3.61. The lowest BCUT2D eigenvalue weighted by Crippen LogP contribution is -2.28. The van der Waals surface area contributed by atoms with Crippen LogP contribution < -0.4 is 10.9 Å². The highest BCUT2D eigenvalue weighted by molar-refractivity contribution is 5.94. The Morgan fingerprint density at radius 3 is 2.78 bits per heavy atom. The summed E-state index contributed by atoms with van der Waals surface area (Å²) in [5.41, 5.74) is 2.40. The van der Waals surface area contributed by atoms with Crippen molar-refractivity contribution in [1.29, 1.82) is 0 Å². The fourth-order valence-corrected chi connectivity index (χ4v) is 3.32. The Morgan fingerprint density at radius 1 is 1.30 bits per heavy atom. The minimum Gasteiger partial charge on any atom is -0.381 e. The van der Waals surface area contributed by atoms with Gasteiger partial charge in [-0.25, -0.2) is 9.50 Å². The first-order valence-electron chi connectivity index (χ1n) is 9.03. The summed E-state index contributed by atoms with van der Waals surface area (Å²) in [5.74, 6) is 0.107. The number of hydrogen-bond donors (Lipinski definition) is 2. The van der Waals surface area contributed by atoms with Gasteiger partial charge in [0.25, 0.3) is 11.5 Å². The zero-order chi connectivity index (χ0) is 18.8. The van der Waals surface area contributed by atoms with Crippen molar-refractivity contribution in [3.63, 3.8) is 0 Å². The number of H-pyrrole nitrogens is 1. The normalized spacial score (nSPS) is 16.3. The van der Waals surface area contributed by atoms with Crippen LogP contribution in [0.3, 0.4) is 0 Å². The van der Waals surface area contributed by atoms with Gasteiger partial charge in [-0.15, -0.1) is 0 Å². The smallest absolute Gasteiger partial charge is 0.272 e. The highest BCUT2D eigenvalue weighted by Gasteiger charge is 2.20. The van der Waals surface area contributed by atoms with Gasteiger partial charge in [-0.2, -0.15) is 0 Å². The molecule has 1 saturated heterocycles. The lowest BCUT2D eigenvalue weighted by Gasteiger charge is -2.20. The number of nitrogens with zero attached hydrogens (tertiary/aromatic N) is 3. The van der Waals surface area contributed by atoms with Gasteiger partial charge in [0.15, 0.2) is 5.65 Å². The average Bonchev–Trinajstić information content (AvgIpc) is 3.14. The summed E-state index contributed by atoms with van der Waals surface area (Å²) in [4.78, 5) is 33.3. The van der Waals surface area contributed by atoms with E-state index in [2.05, 4.69) is 20.4 Å². The number of amides is 1. The average molecular weight is 367 g/mol. The predicted octanol–water partition coefficient (Wildman–Crippen LogP) is 1.80. The molecule has 0 radical (unpaired) electrons. The van der Waals surface area contributed by atoms with Gasteiger partial charge < -0.3 is 10.1 Å². The number of rotatable bonds is 4. The van der Waals surface area contributed by atoms with Crippen LogP contribution in [0.15, 0.2) is 41.5 Å². The van der Waals surface area contributed by atoms with Crippen LogP contribution in [-0.4, -0.2) is 38.7 Å². The van der Waals surface area contributed by atoms with Crippen LogP contribution >= 0.6 is 0 Å². The Hall–Kier alpha value is -3.00. The molecule has 4 rings (SSSR count). The molecule has 0 spiro atoms. The molecule has 0 unspecified atom stereocenters. The van der Waals surface area contributed by atoms with Gasteiger partial charge in [0.2, 0.25) is 0 Å². The highest BCUT2D eigenvalue weighted by Crippen LogP contribution is 2.26. The number of ether oxygens (including phenoxy) is 1. The summed E-state index contributed by atoms with van der Waals surface area (Å²) in [7, 11) is 0. The quantitative estimate of drug-likeness (QED) is 0.732. The van der Waals surface area contributed by atoms with Crippen molar-refractivity contribution in [2.45, 2.75) is 31.7 Å². The third-order valence-electron chi connectivity index (χ3n) is 4.88. The van der Waals surface area contributed by atoms with Gasteiger partial charge in [0.1, 0.15) is 0 Å². The molecule has 0 bridgehead atoms. The van der Waals surface area contributed by atoms with E-state index in [4.69, 9.17) is 4.74 Å². The molecule has 4 heterocycles. The summed E-state index contributed by atoms with van der Waals surface area (Å²) >= 11 is 0. The number of nitrogens with one attached hydrogen (secondary N) is 2. The number of pyridine rings is 1. The van der Waals surface area contributed by atoms with Crippen LogP contribution in [0.4, 0.5) is 0 Å². The first-order valence-corrected chi connectivity index (χ1v) is 9.03. The molecule has 8 nitrogen and oxygen atoms in total. The van der Waals surface area contributed by atoms with Gasteiger partial charge >= 0.3 is 0 Å². The second kappa shape index (κ2) is 7.32. The van der Waals surface area contributed by atoms with E-state index in [0.29, 0.717) is 22.8 Å². The Labute approximate surface area is 155 Å². The van der Waals surface area contributed by atoms with E-state index in [1.165, 1.54) is 10.6 Å². The van der Waals surface area contributed by atoms with Crippen LogP contribution in [0.25, 0.3) is 5.65 Å². The number of carbonyl (C=O) groups excluding carboxylic acids is 1. The molecule has 0 saturated carbocycles. The largest absolute Gasteiger partial charge is 0.381 e. The van der Waals surface area contributed by atoms with Crippen molar-refractivity contribution in [2.75, 3.05) is 13.2 Å². The van der Waals surface area contributed by atoms with Crippen LogP contribution in [0, 0.1) is 0 Å². The molecule has 1 fully saturated rings. The highest BCUT2D eigenvalue weighted by atomic mass is 16.5. The predicted molar refractivity (Wildman–Crippen MR) is 98.7 cm³/mol. The third-order valence-corrected chi connectivity index (χ3v) is 4.88. The fraction of sp³-hybridized carbons (Fsp3) is 0.368. The molecular formula is C19H21N5O3. The monoisotopic (exact) mass is 367 g/mol. The van der Waals surface area contributed by atoms with Gasteiger partial charge in [-0.1, -0.05) is 0 Å². The van der Waals surface area contributed by atoms with E-state index in [0.717, 1.165) is 31.7 Å². The fourth-order valence-electron chi connectivity index (χ4n) is 3.32. The molecule has 3 aromatic heterocycles. The van der Waals surface area contributed by atoms with Gasteiger partial charge in [0, 0.05) is 54.9 Å². The summed E-state index contributed by atoms with van der Waals surface area (Å²) in [6.07, 6.45) is 4.97. The van der Waals surface area contributed by atoms with Gasteiger partial charge in [0.05, 0.1) is 11.7 Å². The van der Waals surface area contributed by atoms with Crippen molar-refractivity contribution in [3.05, 3.63) is 64.0 Å². The van der Waals surface area contributed by atoms with Gasteiger partial charge in [-0.05, 0) is 31.9 Å². The van der Waals surface area contributed by atoms with Crippen LogP contribution in [-0.2, 0) is 4.74 Å². The Bertz CT molecular complexity index is 1010. The molecular weight excluding hydrogens is 346 g/mol. The maximum Gasteiger partial charge on any atom is 0.272 e. The Kier molecular flexibility index (Phi) is 4.72. The van der Waals surface area contributed by atoms with Crippen molar-refractivity contribution >= 4 is 11.6 Å². The maximum absolute atomic E-state index is 12.5. The van der Waals surface area contributed by atoms with E-state index < -0.39 is 6.04 Å². The van der Waals surface area contributed by atoms with Crippen LogP contribution in [0.5, 0.6) is 0 Å². The number of fused-ring (bicyclic) bond motifs is 1. The molecule has 1 aliphatic rings. The number of aromatic nitrogens is 4. The molecule has 0 aliphatic carbocycles. The number of aromatic amines is 1. The summed E-state index contributed by atoms with van der Waals surface area (Å²) in [6.45, 7) is 3.26. The second-order valence-corrected chi connectivity index (χ2v) is 6.74. The maximum atomic E-state index is 12.5. The van der Waals surface area contributed by atoms with E-state index in [1.807, 2.05) is 13.0 Å². The van der Waals surface area contributed by atoms with Crippen molar-refractivity contribution in [3.8, 4) is 0 Å². The van der Waals surface area contributed by atoms with Crippen molar-refractivity contribution in [2.24, 2.45) is 0 Å². The first kappa shape index (κ1) is 17.4. The molecule has 1 atom stereocenters.